The van der Waals surface area contributed by atoms with Gasteiger partial charge in [0.25, 0.3) is 0 Å². The van der Waals surface area contributed by atoms with Crippen LogP contribution in [0.1, 0.15) is 32.8 Å². The van der Waals surface area contributed by atoms with Gasteiger partial charge in [0.1, 0.15) is 12.6 Å². The van der Waals surface area contributed by atoms with Crippen molar-refractivity contribution >= 4 is 61.7 Å². The molecule has 0 radical (unpaired) electrons. The van der Waals surface area contributed by atoms with Crippen LogP contribution in [0.4, 0.5) is 5.69 Å². The maximum Gasteiger partial charge on any atom is 0.244 e. The second-order valence-electron chi connectivity index (χ2n) is 7.85. The largest absolute Gasteiger partial charge is 0.352 e. The van der Waals surface area contributed by atoms with Gasteiger partial charge in [0.05, 0.1) is 11.9 Å². The molecule has 33 heavy (non-hydrogen) atoms. The van der Waals surface area contributed by atoms with Crippen molar-refractivity contribution < 1.29 is 18.0 Å². The number of sulfonamides is 1. The van der Waals surface area contributed by atoms with Crippen LogP contribution in [0.2, 0.25) is 5.02 Å². The minimum absolute atomic E-state index is 0.0588. The summed E-state index contributed by atoms with van der Waals surface area (Å²) in [5.41, 5.74) is 1.04. The van der Waals surface area contributed by atoms with Crippen LogP contribution in [0.5, 0.6) is 0 Å². The Morgan fingerprint density at radius 2 is 1.70 bits per heavy atom. The molecule has 1 N–H and O–H groups in total. The molecular weight excluding hydrogens is 577 g/mol. The summed E-state index contributed by atoms with van der Waals surface area (Å²) in [7, 11) is -3.75. The Kier molecular flexibility index (Phi) is 9.99. The van der Waals surface area contributed by atoms with Crippen molar-refractivity contribution in [3.05, 3.63) is 62.7 Å². The summed E-state index contributed by atoms with van der Waals surface area (Å²) in [6.45, 7) is 5.09. The van der Waals surface area contributed by atoms with Gasteiger partial charge in [0.2, 0.25) is 21.8 Å². The number of halogens is 2. The highest BCUT2D eigenvalue weighted by Crippen LogP contribution is 2.22. The number of hydrogen-bond donors (Lipinski definition) is 1. The maximum absolute atomic E-state index is 13.5. The average Bonchev–Trinajstić information content (AvgIpc) is 2.76. The molecule has 10 heteroatoms. The lowest BCUT2D eigenvalue weighted by Crippen LogP contribution is -2.52. The number of benzene rings is 2. The number of nitrogens with zero attached hydrogens (tertiary/aromatic N) is 2. The standard InChI is InChI=1S/C23H29ClIN3O4S/c1-5-16(2)26-23(30)17(3)27(14-18-8-6-7-9-21(18)24)22(29)15-28(33(4,31)32)20-12-10-19(25)11-13-20/h6-13,16-17H,5,14-15H2,1-4H3,(H,26,30). The quantitative estimate of drug-likeness (QED) is 0.414. The molecule has 0 saturated carbocycles. The van der Waals surface area contributed by atoms with E-state index in [9.17, 15) is 18.0 Å². The Bertz CT molecular complexity index is 1080. The van der Waals surface area contributed by atoms with Crippen LogP contribution in [-0.4, -0.2) is 50.0 Å². The average molecular weight is 606 g/mol. The first-order valence-electron chi connectivity index (χ1n) is 10.5. The zero-order chi connectivity index (χ0) is 24.8. The summed E-state index contributed by atoms with van der Waals surface area (Å²) in [6.07, 6.45) is 1.79. The fourth-order valence-corrected chi connectivity index (χ4v) is 4.48. The Balaban J connectivity index is 2.39. The fraction of sp³-hybridized carbons (Fsp3) is 0.391. The van der Waals surface area contributed by atoms with Gasteiger partial charge < -0.3 is 10.2 Å². The first-order valence-corrected chi connectivity index (χ1v) is 13.8. The molecule has 0 fully saturated rings. The third kappa shape index (κ3) is 7.86. The Morgan fingerprint density at radius 1 is 1.09 bits per heavy atom. The normalized spacial score (nSPS) is 13.2. The van der Waals surface area contributed by atoms with Crippen molar-refractivity contribution in [2.75, 3.05) is 17.1 Å². The number of anilines is 1. The minimum Gasteiger partial charge on any atom is -0.352 e. The SMILES string of the molecule is CCC(C)NC(=O)C(C)N(Cc1ccccc1Cl)C(=O)CN(c1ccc(I)cc1)S(C)(=O)=O. The van der Waals surface area contributed by atoms with Gasteiger partial charge in [-0.1, -0.05) is 36.7 Å². The van der Waals surface area contributed by atoms with Crippen LogP contribution in [0.15, 0.2) is 48.5 Å². The molecule has 0 bridgehead atoms. The maximum atomic E-state index is 13.5. The number of amides is 2. The topological polar surface area (TPSA) is 86.8 Å². The summed E-state index contributed by atoms with van der Waals surface area (Å²) in [4.78, 5) is 27.7. The molecule has 2 atom stereocenters. The lowest BCUT2D eigenvalue weighted by Gasteiger charge is -2.32. The Hall–Kier alpha value is -1.85. The molecule has 2 aromatic rings. The molecule has 2 amide bonds. The van der Waals surface area contributed by atoms with E-state index < -0.39 is 28.5 Å². The molecule has 2 rings (SSSR count). The van der Waals surface area contributed by atoms with E-state index in [2.05, 4.69) is 27.9 Å². The molecule has 0 aliphatic carbocycles. The molecule has 180 valence electrons. The summed E-state index contributed by atoms with van der Waals surface area (Å²) >= 11 is 8.43. The second-order valence-corrected chi connectivity index (χ2v) is 11.4. The van der Waals surface area contributed by atoms with Crippen LogP contribution >= 0.6 is 34.2 Å². The van der Waals surface area contributed by atoms with Gasteiger partial charge >= 0.3 is 0 Å². The van der Waals surface area contributed by atoms with Gasteiger partial charge in [0, 0.05) is 21.2 Å². The molecular formula is C23H29ClIN3O4S. The smallest absolute Gasteiger partial charge is 0.244 e. The monoisotopic (exact) mass is 605 g/mol. The van der Waals surface area contributed by atoms with Crippen molar-refractivity contribution in [3.63, 3.8) is 0 Å². The predicted octanol–water partition coefficient (Wildman–Crippen LogP) is 4.04. The molecule has 0 saturated heterocycles. The molecule has 0 heterocycles. The Morgan fingerprint density at radius 3 is 2.24 bits per heavy atom. The van der Waals surface area contributed by atoms with Crippen LogP contribution in [0.25, 0.3) is 0 Å². The first kappa shape index (κ1) is 27.4. The van der Waals surface area contributed by atoms with Crippen molar-refractivity contribution in [1.29, 1.82) is 0 Å². The van der Waals surface area contributed by atoms with E-state index in [1.807, 2.05) is 13.8 Å². The zero-order valence-corrected chi connectivity index (χ0v) is 22.8. The van der Waals surface area contributed by atoms with E-state index in [1.165, 1.54) is 4.90 Å². The zero-order valence-electron chi connectivity index (χ0n) is 19.1. The highest BCUT2D eigenvalue weighted by atomic mass is 127. The lowest BCUT2D eigenvalue weighted by atomic mass is 10.1. The van der Waals surface area contributed by atoms with Gasteiger partial charge in [0.15, 0.2) is 0 Å². The lowest BCUT2D eigenvalue weighted by molar-refractivity contribution is -0.139. The summed E-state index contributed by atoms with van der Waals surface area (Å²) in [6, 6.07) is 13.0. The van der Waals surface area contributed by atoms with Gasteiger partial charge in [-0.3, -0.25) is 13.9 Å². The third-order valence-electron chi connectivity index (χ3n) is 5.26. The van der Waals surface area contributed by atoms with E-state index in [-0.39, 0.29) is 18.5 Å². The van der Waals surface area contributed by atoms with Crippen LogP contribution in [-0.2, 0) is 26.2 Å². The number of rotatable bonds is 10. The number of nitrogens with one attached hydrogen (secondary N) is 1. The Labute approximate surface area is 214 Å². The number of carbonyl (C=O) groups excluding carboxylic acids is 2. The van der Waals surface area contributed by atoms with E-state index in [1.54, 1.807) is 55.5 Å². The van der Waals surface area contributed by atoms with Crippen molar-refractivity contribution in [2.45, 2.75) is 45.8 Å². The van der Waals surface area contributed by atoms with E-state index in [4.69, 9.17) is 11.6 Å². The molecule has 2 aromatic carbocycles. The summed E-state index contributed by atoms with van der Waals surface area (Å²) in [5.74, 6) is -0.823. The molecule has 7 nitrogen and oxygen atoms in total. The van der Waals surface area contributed by atoms with Crippen molar-refractivity contribution in [3.8, 4) is 0 Å². The number of carbonyl (C=O) groups is 2. The van der Waals surface area contributed by atoms with Crippen LogP contribution in [0, 0.1) is 3.57 Å². The van der Waals surface area contributed by atoms with Crippen LogP contribution in [0.3, 0.4) is 0 Å². The van der Waals surface area contributed by atoms with E-state index >= 15 is 0 Å². The highest BCUT2D eigenvalue weighted by molar-refractivity contribution is 14.1. The molecule has 0 aromatic heterocycles. The highest BCUT2D eigenvalue weighted by Gasteiger charge is 2.30. The fourth-order valence-electron chi connectivity index (χ4n) is 3.08. The van der Waals surface area contributed by atoms with Gasteiger partial charge in [-0.05, 0) is 78.8 Å². The molecule has 0 aliphatic rings. The van der Waals surface area contributed by atoms with E-state index in [0.29, 0.717) is 16.3 Å². The van der Waals surface area contributed by atoms with Crippen LogP contribution < -0.4 is 9.62 Å². The van der Waals surface area contributed by atoms with Gasteiger partial charge in [-0.25, -0.2) is 8.42 Å². The second kappa shape index (κ2) is 12.0. The first-order chi connectivity index (χ1) is 15.4. The predicted molar refractivity (Wildman–Crippen MR) is 141 cm³/mol. The van der Waals surface area contributed by atoms with Crippen molar-refractivity contribution in [2.24, 2.45) is 0 Å². The molecule has 2 unspecified atom stereocenters. The minimum atomic E-state index is -3.75. The van der Waals surface area contributed by atoms with Crippen molar-refractivity contribution in [1.82, 2.24) is 10.2 Å². The molecule has 0 aliphatic heterocycles. The van der Waals surface area contributed by atoms with E-state index in [0.717, 1.165) is 20.6 Å². The summed E-state index contributed by atoms with van der Waals surface area (Å²) in [5, 5.41) is 3.35. The third-order valence-corrected chi connectivity index (χ3v) is 7.49. The summed E-state index contributed by atoms with van der Waals surface area (Å²) < 4.78 is 27.0. The van der Waals surface area contributed by atoms with Gasteiger partial charge in [-0.15, -0.1) is 0 Å². The number of hydrogen-bond acceptors (Lipinski definition) is 4. The van der Waals surface area contributed by atoms with Gasteiger partial charge in [-0.2, -0.15) is 0 Å². The molecule has 0 spiro atoms.